The number of hydrogen-bond acceptors (Lipinski definition) is 2. The first-order chi connectivity index (χ1) is 17.4. The van der Waals surface area contributed by atoms with Crippen LogP contribution in [0.5, 0.6) is 0 Å². The Morgan fingerprint density at radius 1 is 0.386 bits per heavy atom. The van der Waals surface area contributed by atoms with Gasteiger partial charge in [-0.1, -0.05) is 244 Å². The molecule has 0 N–H and O–H groups in total. The SMILES string of the molecule is C.C.C.C.C.C.C.C.CC.CC.CC.CC.CC.CC.CCC.CCC.O=C(S)c1ccccc1.O=C(S)c1ccccc1. The smallest absolute Gasteiger partial charge is 0.216 e. The molecule has 0 bridgehead atoms. The lowest BCUT2D eigenvalue weighted by atomic mass is 10.2. The van der Waals surface area contributed by atoms with Crippen LogP contribution in [0, 0.1) is 0 Å². The first-order valence-corrected chi connectivity index (χ1v) is 14.9. The Morgan fingerprint density at radius 3 is 0.568 bits per heavy atom. The third-order valence-corrected chi connectivity index (χ3v) is 2.56. The lowest BCUT2D eigenvalue weighted by Gasteiger charge is -1.88. The van der Waals surface area contributed by atoms with E-state index in [2.05, 4.69) is 53.0 Å². The Hall–Kier alpha value is -1.52. The first kappa shape index (κ1) is 104. The van der Waals surface area contributed by atoms with Gasteiger partial charge < -0.3 is 0 Å². The second-order valence-corrected chi connectivity index (χ2v) is 5.57. The highest BCUT2D eigenvalue weighted by molar-refractivity contribution is 7.97. The van der Waals surface area contributed by atoms with Gasteiger partial charge in [0.25, 0.3) is 0 Å². The first-order valence-electron chi connectivity index (χ1n) is 14.0. The molecule has 0 fully saturated rings. The summed E-state index contributed by atoms with van der Waals surface area (Å²) in [6.07, 6.45) is 2.50. The van der Waals surface area contributed by atoms with Crippen molar-refractivity contribution in [2.75, 3.05) is 0 Å². The van der Waals surface area contributed by atoms with E-state index in [-0.39, 0.29) is 69.6 Å². The van der Waals surface area contributed by atoms with Gasteiger partial charge in [-0.05, 0) is 0 Å². The molecule has 44 heavy (non-hydrogen) atoms. The van der Waals surface area contributed by atoms with E-state index in [4.69, 9.17) is 0 Å². The van der Waals surface area contributed by atoms with Crippen molar-refractivity contribution in [1.29, 1.82) is 0 Å². The van der Waals surface area contributed by atoms with Gasteiger partial charge >= 0.3 is 0 Å². The quantitative estimate of drug-likeness (QED) is 0.311. The maximum atomic E-state index is 10.5. The summed E-state index contributed by atoms with van der Waals surface area (Å²) in [6, 6.07) is 17.9. The predicted octanol–water partition coefficient (Wildman–Crippen LogP) is 17.6. The number of thiol groups is 2. The van der Waals surface area contributed by atoms with Crippen LogP contribution in [-0.2, 0) is 0 Å². The lowest BCUT2D eigenvalue weighted by Crippen LogP contribution is -1.84. The van der Waals surface area contributed by atoms with Crippen molar-refractivity contribution in [3.63, 3.8) is 0 Å². The highest BCUT2D eigenvalue weighted by Crippen LogP contribution is 2.01. The summed E-state index contributed by atoms with van der Waals surface area (Å²) in [4.78, 5) is 21.0. The molecule has 0 aromatic heterocycles. The minimum Gasteiger partial charge on any atom is -0.282 e. The van der Waals surface area contributed by atoms with Crippen LogP contribution in [0.1, 0.15) is 204 Å². The highest BCUT2D eigenvalue weighted by atomic mass is 32.1. The Morgan fingerprint density at radius 2 is 0.500 bits per heavy atom. The van der Waals surface area contributed by atoms with Crippen molar-refractivity contribution in [2.24, 2.45) is 0 Å². The minimum atomic E-state index is -0.185. The number of carbonyl (C=O) groups is 2. The highest BCUT2D eigenvalue weighted by Gasteiger charge is 1.94. The third kappa shape index (κ3) is 125. The maximum Gasteiger partial charge on any atom is 0.216 e. The van der Waals surface area contributed by atoms with E-state index in [9.17, 15) is 9.59 Å². The van der Waals surface area contributed by atoms with Crippen molar-refractivity contribution in [3.8, 4) is 0 Å². The van der Waals surface area contributed by atoms with E-state index in [1.807, 2.05) is 119 Å². The zero-order valence-electron chi connectivity index (χ0n) is 26.9. The van der Waals surface area contributed by atoms with Gasteiger partial charge in [-0.25, -0.2) is 0 Å². The number of carbonyl (C=O) groups excluding carboxylic acids is 2. The molecule has 0 radical (unpaired) electrons. The molecule has 0 unspecified atom stereocenters. The molecule has 0 spiro atoms. The van der Waals surface area contributed by atoms with Gasteiger partial charge in [0.15, 0.2) is 0 Å². The average molecular weight is 673 g/mol. The number of hydrogen-bond donors (Lipinski definition) is 2. The predicted molar refractivity (Wildman–Crippen MR) is 233 cm³/mol. The molecule has 0 aliphatic rings. The van der Waals surface area contributed by atoms with E-state index in [1.165, 1.54) is 12.8 Å². The van der Waals surface area contributed by atoms with E-state index >= 15 is 0 Å². The standard InChI is InChI=1S/2C7H6OS.2C3H8.6C2H6.8CH4/c2*8-7(9)6-4-2-1-3-5-6;2*1-3-2;6*1-2;;;;;;;;/h2*1-5H,(H,8,9);2*3H2,1-2H3;6*1-2H3;8*1H4. The monoisotopic (exact) mass is 673 g/mol. The summed E-state index contributed by atoms with van der Waals surface area (Å²) >= 11 is 7.30. The molecule has 0 aliphatic carbocycles. The molecule has 4 heteroatoms. The fraction of sp³-hybridized carbons (Fsp3) is 0.650. The summed E-state index contributed by atoms with van der Waals surface area (Å²) in [6.45, 7) is 32.5. The van der Waals surface area contributed by atoms with Crippen LogP contribution in [0.3, 0.4) is 0 Å². The van der Waals surface area contributed by atoms with Gasteiger partial charge in [-0.2, -0.15) is 0 Å². The van der Waals surface area contributed by atoms with E-state index in [0.717, 1.165) is 0 Å². The van der Waals surface area contributed by atoms with Crippen LogP contribution in [0.25, 0.3) is 0 Å². The summed E-state index contributed by atoms with van der Waals surface area (Å²) in [7, 11) is 0. The van der Waals surface area contributed by atoms with Gasteiger partial charge in [-0.3, -0.25) is 9.59 Å². The molecule has 2 aromatic carbocycles. The Labute approximate surface area is 298 Å². The van der Waals surface area contributed by atoms with E-state index < -0.39 is 0 Å². The molecule has 2 aromatic rings. The molecule has 0 saturated heterocycles. The lowest BCUT2D eigenvalue weighted by molar-refractivity contribution is 0.108. The van der Waals surface area contributed by atoms with Gasteiger partial charge in [0.05, 0.1) is 0 Å². The second-order valence-electron chi connectivity index (χ2n) is 4.76. The topological polar surface area (TPSA) is 34.1 Å². The summed E-state index contributed by atoms with van der Waals surface area (Å²) in [5.74, 6) is 0. The molecule has 0 aliphatic heterocycles. The fourth-order valence-corrected chi connectivity index (χ4v) is 1.46. The van der Waals surface area contributed by atoms with Crippen LogP contribution in [0.2, 0.25) is 0 Å². The van der Waals surface area contributed by atoms with Crippen LogP contribution in [0.4, 0.5) is 0 Å². The summed E-state index contributed by atoms with van der Waals surface area (Å²) < 4.78 is 0. The van der Waals surface area contributed by atoms with Gasteiger partial charge in [0, 0.05) is 11.1 Å². The number of benzene rings is 2. The molecular weight excluding hydrogens is 577 g/mol. The summed E-state index contributed by atoms with van der Waals surface area (Å²) in [5.41, 5.74) is 1.28. The van der Waals surface area contributed by atoms with Crippen molar-refractivity contribution in [1.82, 2.24) is 0 Å². The third-order valence-electron chi connectivity index (χ3n) is 2.04. The van der Waals surface area contributed by atoms with Crippen LogP contribution >= 0.6 is 25.3 Å². The molecular formula is C40H96O2S2. The normalized spacial score (nSPS) is 5.32. The van der Waals surface area contributed by atoms with E-state index in [0.29, 0.717) is 11.1 Å². The van der Waals surface area contributed by atoms with Gasteiger partial charge in [0.1, 0.15) is 0 Å². The largest absolute Gasteiger partial charge is 0.282 e. The molecule has 280 valence electrons. The minimum absolute atomic E-state index is 0. The molecule has 0 amide bonds. The van der Waals surface area contributed by atoms with Gasteiger partial charge in [-0.15, -0.1) is 25.3 Å². The maximum absolute atomic E-state index is 10.5. The van der Waals surface area contributed by atoms with Crippen molar-refractivity contribution >= 4 is 35.5 Å². The zero-order chi connectivity index (χ0) is 30.8. The Balaban J connectivity index is -0.0000000151. The van der Waals surface area contributed by atoms with Crippen LogP contribution < -0.4 is 0 Å². The molecule has 2 nitrogen and oxygen atoms in total. The van der Waals surface area contributed by atoms with Crippen LogP contribution in [0.15, 0.2) is 60.7 Å². The fourth-order valence-electron chi connectivity index (χ4n) is 1.16. The van der Waals surface area contributed by atoms with Gasteiger partial charge in [0.2, 0.25) is 10.2 Å². The van der Waals surface area contributed by atoms with Crippen molar-refractivity contribution in [3.05, 3.63) is 71.8 Å². The second kappa shape index (κ2) is 135. The average Bonchev–Trinajstić information content (AvgIpc) is 2.97. The van der Waals surface area contributed by atoms with Crippen molar-refractivity contribution in [2.45, 2.75) is 183 Å². The molecule has 0 atom stereocenters. The molecule has 2 rings (SSSR count). The Kier molecular flexibility index (Phi) is 319. The van der Waals surface area contributed by atoms with E-state index in [1.54, 1.807) is 24.3 Å². The molecule has 0 saturated carbocycles. The molecule has 0 heterocycles. The zero-order valence-corrected chi connectivity index (χ0v) is 28.7. The van der Waals surface area contributed by atoms with Crippen LogP contribution in [-0.4, -0.2) is 10.2 Å². The Bertz CT molecular complexity index is 492. The number of rotatable bonds is 2. The summed E-state index contributed by atoms with van der Waals surface area (Å²) in [5, 5.41) is -0.369. The van der Waals surface area contributed by atoms with Crippen molar-refractivity contribution < 1.29 is 9.59 Å².